The van der Waals surface area contributed by atoms with Crippen LogP contribution < -0.4 is 16.4 Å². The van der Waals surface area contributed by atoms with Gasteiger partial charge < -0.3 is 25.8 Å². The summed E-state index contributed by atoms with van der Waals surface area (Å²) in [6, 6.07) is 3.13. The minimum absolute atomic E-state index is 0.184. The van der Waals surface area contributed by atoms with Gasteiger partial charge in [-0.05, 0) is 12.1 Å². The first kappa shape index (κ1) is 15.2. The Bertz CT molecular complexity index is 417. The Kier molecular flexibility index (Phi) is 6.04. The fourth-order valence-corrected chi connectivity index (χ4v) is 1.58. The lowest BCUT2D eigenvalue weighted by Crippen LogP contribution is -2.32. The Hall–Kier alpha value is -1.86. The van der Waals surface area contributed by atoms with Crippen molar-refractivity contribution >= 4 is 17.4 Å². The number of nitrogens with zero attached hydrogens (tertiary/aromatic N) is 2. The maximum atomic E-state index is 11.2. The quantitative estimate of drug-likeness (QED) is 0.680. The molecule has 0 fully saturated rings. The Labute approximate surface area is 112 Å². The number of rotatable bonds is 8. The van der Waals surface area contributed by atoms with Crippen molar-refractivity contribution in [3.8, 4) is 0 Å². The second-order valence-electron chi connectivity index (χ2n) is 3.95. The maximum absolute atomic E-state index is 11.2. The van der Waals surface area contributed by atoms with Gasteiger partial charge in [0.15, 0.2) is 5.82 Å². The van der Waals surface area contributed by atoms with Crippen LogP contribution in [0, 0.1) is 0 Å². The summed E-state index contributed by atoms with van der Waals surface area (Å²) in [7, 11) is 3.23. The highest BCUT2D eigenvalue weighted by Gasteiger charge is 2.14. The van der Waals surface area contributed by atoms with Crippen molar-refractivity contribution in [1.82, 2.24) is 4.98 Å². The monoisotopic (exact) mass is 268 g/mol. The Morgan fingerprint density at radius 2 is 1.84 bits per heavy atom. The molecular weight excluding hydrogens is 248 g/mol. The van der Waals surface area contributed by atoms with E-state index in [0.29, 0.717) is 37.8 Å². The van der Waals surface area contributed by atoms with E-state index in [1.807, 2.05) is 4.90 Å². The third-order valence-corrected chi connectivity index (χ3v) is 2.59. The third kappa shape index (κ3) is 4.38. The normalized spacial score (nSPS) is 10.4. The van der Waals surface area contributed by atoms with E-state index in [-0.39, 0.29) is 5.69 Å². The number of nitrogen functional groups attached to an aromatic ring is 1. The van der Waals surface area contributed by atoms with Crippen LogP contribution in [0.1, 0.15) is 10.5 Å². The fraction of sp³-hybridized carbons (Fsp3) is 0.500. The number of aromatic nitrogens is 1. The minimum atomic E-state index is -0.584. The summed E-state index contributed by atoms with van der Waals surface area (Å²) in [4.78, 5) is 17.3. The van der Waals surface area contributed by atoms with E-state index in [1.54, 1.807) is 20.3 Å². The number of hydrogen-bond acceptors (Lipinski definition) is 6. The van der Waals surface area contributed by atoms with Gasteiger partial charge in [-0.1, -0.05) is 0 Å². The largest absolute Gasteiger partial charge is 0.396 e. The van der Waals surface area contributed by atoms with E-state index < -0.39 is 5.91 Å². The third-order valence-electron chi connectivity index (χ3n) is 2.59. The predicted molar refractivity (Wildman–Crippen MR) is 73.1 cm³/mol. The molecule has 0 unspecified atom stereocenters. The number of methoxy groups -OCH3 is 2. The topological polar surface area (TPSA) is 104 Å². The summed E-state index contributed by atoms with van der Waals surface area (Å²) in [5, 5.41) is 0. The number of anilines is 2. The number of hydrogen-bond donors (Lipinski definition) is 2. The van der Waals surface area contributed by atoms with Crippen LogP contribution in [-0.2, 0) is 9.47 Å². The molecule has 1 aromatic heterocycles. The van der Waals surface area contributed by atoms with Gasteiger partial charge in [0.05, 0.1) is 18.9 Å². The van der Waals surface area contributed by atoms with Gasteiger partial charge in [0.2, 0.25) is 0 Å². The van der Waals surface area contributed by atoms with Crippen molar-refractivity contribution in [3.05, 3.63) is 17.8 Å². The van der Waals surface area contributed by atoms with Crippen molar-refractivity contribution in [2.24, 2.45) is 5.73 Å². The molecule has 7 nitrogen and oxygen atoms in total. The van der Waals surface area contributed by atoms with Crippen molar-refractivity contribution in [2.75, 3.05) is 51.2 Å². The van der Waals surface area contributed by atoms with Gasteiger partial charge in [0, 0.05) is 27.3 Å². The van der Waals surface area contributed by atoms with Crippen molar-refractivity contribution in [1.29, 1.82) is 0 Å². The zero-order valence-electron chi connectivity index (χ0n) is 11.3. The van der Waals surface area contributed by atoms with Gasteiger partial charge in [-0.15, -0.1) is 0 Å². The molecule has 0 saturated heterocycles. The molecule has 0 bridgehead atoms. The number of carbonyl (C=O) groups excluding carboxylic acids is 1. The molecule has 0 saturated carbocycles. The van der Waals surface area contributed by atoms with E-state index in [0.717, 1.165) is 0 Å². The summed E-state index contributed by atoms with van der Waals surface area (Å²) in [6.07, 6.45) is 0. The number of amides is 1. The Morgan fingerprint density at radius 1 is 1.26 bits per heavy atom. The summed E-state index contributed by atoms with van der Waals surface area (Å²) in [6.45, 7) is 2.23. The lowest BCUT2D eigenvalue weighted by Gasteiger charge is -2.24. The highest BCUT2D eigenvalue weighted by molar-refractivity contribution is 5.91. The van der Waals surface area contributed by atoms with Gasteiger partial charge in [-0.2, -0.15) is 0 Å². The van der Waals surface area contributed by atoms with E-state index in [1.165, 1.54) is 6.07 Å². The number of nitrogens with two attached hydrogens (primary N) is 2. The first-order valence-corrected chi connectivity index (χ1v) is 5.89. The molecule has 106 valence electrons. The molecule has 1 heterocycles. The first-order chi connectivity index (χ1) is 9.10. The zero-order chi connectivity index (χ0) is 14.3. The van der Waals surface area contributed by atoms with Crippen LogP contribution in [0.2, 0.25) is 0 Å². The summed E-state index contributed by atoms with van der Waals surface area (Å²) in [5.41, 5.74) is 11.8. The molecule has 7 heteroatoms. The van der Waals surface area contributed by atoms with Crippen LogP contribution in [0.25, 0.3) is 0 Å². The molecule has 4 N–H and O–H groups in total. The van der Waals surface area contributed by atoms with E-state index >= 15 is 0 Å². The SMILES string of the molecule is COCCN(CCOC)c1nc(C(N)=O)ccc1N. The van der Waals surface area contributed by atoms with Gasteiger partial charge in [0.1, 0.15) is 5.69 Å². The molecule has 0 aliphatic heterocycles. The van der Waals surface area contributed by atoms with Crippen LogP contribution in [0.4, 0.5) is 11.5 Å². The molecule has 0 spiro atoms. The second kappa shape index (κ2) is 7.55. The average molecular weight is 268 g/mol. The van der Waals surface area contributed by atoms with Crippen molar-refractivity contribution < 1.29 is 14.3 Å². The lowest BCUT2D eigenvalue weighted by molar-refractivity contribution is 0.0995. The van der Waals surface area contributed by atoms with Crippen molar-refractivity contribution in [2.45, 2.75) is 0 Å². The molecule has 0 aromatic carbocycles. The average Bonchev–Trinajstić information content (AvgIpc) is 2.40. The standard InChI is InChI=1S/C12H20N4O3/c1-18-7-5-16(6-8-19-2)12-9(13)3-4-10(15-12)11(14)17/h3-4H,5-8,13H2,1-2H3,(H2,14,17). The second-order valence-corrected chi connectivity index (χ2v) is 3.95. The van der Waals surface area contributed by atoms with Crippen LogP contribution in [0.3, 0.4) is 0 Å². The number of primary amides is 1. The number of carbonyl (C=O) groups is 1. The van der Waals surface area contributed by atoms with Crippen LogP contribution in [0.15, 0.2) is 12.1 Å². The van der Waals surface area contributed by atoms with Gasteiger partial charge in [-0.25, -0.2) is 4.98 Å². The first-order valence-electron chi connectivity index (χ1n) is 5.89. The van der Waals surface area contributed by atoms with Gasteiger partial charge in [0.25, 0.3) is 5.91 Å². The van der Waals surface area contributed by atoms with Gasteiger partial charge >= 0.3 is 0 Å². The van der Waals surface area contributed by atoms with E-state index in [9.17, 15) is 4.79 Å². The molecule has 1 amide bonds. The number of pyridine rings is 1. The lowest BCUT2D eigenvalue weighted by atomic mass is 10.3. The summed E-state index contributed by atoms with van der Waals surface area (Å²) in [5.74, 6) is -0.0647. The summed E-state index contributed by atoms with van der Waals surface area (Å²) < 4.78 is 10.1. The minimum Gasteiger partial charge on any atom is -0.396 e. The molecular formula is C12H20N4O3. The van der Waals surface area contributed by atoms with Crippen LogP contribution in [-0.4, -0.2) is 51.4 Å². The van der Waals surface area contributed by atoms with E-state index in [2.05, 4.69) is 4.98 Å². The Balaban J connectivity index is 2.97. The molecule has 0 radical (unpaired) electrons. The highest BCUT2D eigenvalue weighted by atomic mass is 16.5. The van der Waals surface area contributed by atoms with Gasteiger partial charge in [-0.3, -0.25) is 4.79 Å². The van der Waals surface area contributed by atoms with Crippen molar-refractivity contribution in [3.63, 3.8) is 0 Å². The predicted octanol–water partition coefficient (Wildman–Crippen LogP) is -0.138. The van der Waals surface area contributed by atoms with Crippen LogP contribution in [0.5, 0.6) is 0 Å². The Morgan fingerprint density at radius 3 is 2.32 bits per heavy atom. The smallest absolute Gasteiger partial charge is 0.267 e. The van der Waals surface area contributed by atoms with Crippen LogP contribution >= 0.6 is 0 Å². The molecule has 1 rings (SSSR count). The molecule has 1 aromatic rings. The molecule has 0 aliphatic rings. The molecule has 0 aliphatic carbocycles. The fourth-order valence-electron chi connectivity index (χ4n) is 1.58. The molecule has 19 heavy (non-hydrogen) atoms. The summed E-state index contributed by atoms with van der Waals surface area (Å²) >= 11 is 0. The maximum Gasteiger partial charge on any atom is 0.267 e. The van der Waals surface area contributed by atoms with E-state index in [4.69, 9.17) is 20.9 Å². The highest BCUT2D eigenvalue weighted by Crippen LogP contribution is 2.20. The zero-order valence-corrected chi connectivity index (χ0v) is 11.3. The molecule has 0 atom stereocenters. The number of ether oxygens (including phenoxy) is 2.